The Balaban J connectivity index is 2.14. The largest absolute Gasteiger partial charge is 0.369 e. The zero-order chi connectivity index (χ0) is 11.8. The molecule has 3 nitrogen and oxygen atoms in total. The van der Waals surface area contributed by atoms with E-state index < -0.39 is 0 Å². The van der Waals surface area contributed by atoms with E-state index in [0.29, 0.717) is 11.2 Å². The summed E-state index contributed by atoms with van der Waals surface area (Å²) in [5.41, 5.74) is 2.91. The van der Waals surface area contributed by atoms with Crippen LogP contribution >= 0.6 is 0 Å². The highest BCUT2D eigenvalue weighted by molar-refractivity contribution is 5.79. The number of nitrogens with zero attached hydrogens (tertiary/aromatic N) is 3. The molecule has 88 valence electrons. The van der Waals surface area contributed by atoms with E-state index in [-0.39, 0.29) is 5.82 Å². The topological polar surface area (TPSA) is 29.0 Å². The lowest BCUT2D eigenvalue weighted by atomic mass is 10.2. The fourth-order valence-corrected chi connectivity index (χ4v) is 2.32. The molecule has 0 amide bonds. The van der Waals surface area contributed by atoms with E-state index in [0.717, 1.165) is 37.1 Å². The predicted octanol–water partition coefficient (Wildman–Crippen LogP) is 2.68. The van der Waals surface area contributed by atoms with Crippen molar-refractivity contribution in [1.82, 2.24) is 9.97 Å². The van der Waals surface area contributed by atoms with Crippen LogP contribution < -0.4 is 4.90 Å². The molecule has 0 aliphatic carbocycles. The summed E-state index contributed by atoms with van der Waals surface area (Å²) >= 11 is 0. The van der Waals surface area contributed by atoms with Gasteiger partial charge in [-0.1, -0.05) is 0 Å². The molecular formula is C13H14FN3. The van der Waals surface area contributed by atoms with Gasteiger partial charge in [-0.05, 0) is 25.8 Å². The molecule has 1 saturated heterocycles. The number of fused-ring (bicyclic) bond motifs is 1. The summed E-state index contributed by atoms with van der Waals surface area (Å²) in [5, 5.41) is 0. The Hall–Kier alpha value is -1.71. The molecule has 4 heteroatoms. The first-order valence-corrected chi connectivity index (χ1v) is 5.92. The van der Waals surface area contributed by atoms with Crippen molar-refractivity contribution >= 4 is 16.7 Å². The van der Waals surface area contributed by atoms with Crippen molar-refractivity contribution in [2.75, 3.05) is 18.0 Å². The summed E-state index contributed by atoms with van der Waals surface area (Å²) in [4.78, 5) is 10.7. The molecular weight excluding hydrogens is 217 g/mol. The van der Waals surface area contributed by atoms with Gasteiger partial charge >= 0.3 is 0 Å². The maximum atomic E-state index is 14.0. The maximum Gasteiger partial charge on any atom is 0.148 e. The van der Waals surface area contributed by atoms with Crippen LogP contribution in [-0.4, -0.2) is 23.1 Å². The SMILES string of the molecule is Cc1cnc2cc(F)c(N3CCCC3)cc2n1. The quantitative estimate of drug-likeness (QED) is 0.755. The Morgan fingerprint density at radius 2 is 1.94 bits per heavy atom. The zero-order valence-electron chi connectivity index (χ0n) is 9.78. The van der Waals surface area contributed by atoms with Crippen molar-refractivity contribution < 1.29 is 4.39 Å². The summed E-state index contributed by atoms with van der Waals surface area (Å²) in [7, 11) is 0. The van der Waals surface area contributed by atoms with Crippen LogP contribution in [0.5, 0.6) is 0 Å². The fourth-order valence-electron chi connectivity index (χ4n) is 2.32. The Labute approximate surface area is 99.3 Å². The van der Waals surface area contributed by atoms with E-state index in [4.69, 9.17) is 0 Å². The lowest BCUT2D eigenvalue weighted by molar-refractivity contribution is 0.624. The molecule has 2 heterocycles. The van der Waals surface area contributed by atoms with Crippen molar-refractivity contribution in [1.29, 1.82) is 0 Å². The Morgan fingerprint density at radius 1 is 1.18 bits per heavy atom. The summed E-state index contributed by atoms with van der Waals surface area (Å²) in [6, 6.07) is 3.30. The second-order valence-corrected chi connectivity index (χ2v) is 4.50. The third-order valence-corrected chi connectivity index (χ3v) is 3.18. The average molecular weight is 231 g/mol. The minimum absolute atomic E-state index is 0.197. The average Bonchev–Trinajstić information content (AvgIpc) is 2.82. The molecule has 17 heavy (non-hydrogen) atoms. The molecule has 1 aromatic carbocycles. The van der Waals surface area contributed by atoms with E-state index in [1.54, 1.807) is 6.20 Å². The van der Waals surface area contributed by atoms with Crippen LogP contribution in [0.3, 0.4) is 0 Å². The van der Waals surface area contributed by atoms with Gasteiger partial charge in [0.1, 0.15) is 5.82 Å². The molecule has 1 fully saturated rings. The van der Waals surface area contributed by atoms with Gasteiger partial charge in [0.05, 0.1) is 22.4 Å². The number of anilines is 1. The molecule has 0 N–H and O–H groups in total. The second kappa shape index (κ2) is 3.95. The highest BCUT2D eigenvalue weighted by atomic mass is 19.1. The van der Waals surface area contributed by atoms with Crippen LogP contribution in [0.2, 0.25) is 0 Å². The summed E-state index contributed by atoms with van der Waals surface area (Å²) in [6.45, 7) is 3.76. The van der Waals surface area contributed by atoms with Crippen LogP contribution in [0.4, 0.5) is 10.1 Å². The van der Waals surface area contributed by atoms with Crippen LogP contribution in [0.1, 0.15) is 18.5 Å². The summed E-state index contributed by atoms with van der Waals surface area (Å²) in [6.07, 6.45) is 3.94. The third kappa shape index (κ3) is 1.84. The van der Waals surface area contributed by atoms with Gasteiger partial charge in [-0.25, -0.2) is 9.37 Å². The number of halogens is 1. The van der Waals surface area contributed by atoms with Gasteiger partial charge < -0.3 is 4.90 Å². The zero-order valence-corrected chi connectivity index (χ0v) is 9.78. The molecule has 0 saturated carbocycles. The summed E-state index contributed by atoms with van der Waals surface area (Å²) in [5.74, 6) is -0.197. The standard InChI is InChI=1S/C13H14FN3/c1-9-8-15-11-6-10(14)13(7-12(11)16-9)17-4-2-3-5-17/h6-8H,2-5H2,1H3. The van der Waals surface area contributed by atoms with E-state index in [1.165, 1.54) is 6.07 Å². The smallest absolute Gasteiger partial charge is 0.148 e. The van der Waals surface area contributed by atoms with E-state index >= 15 is 0 Å². The van der Waals surface area contributed by atoms with Gasteiger partial charge in [-0.15, -0.1) is 0 Å². The molecule has 0 unspecified atom stereocenters. The maximum absolute atomic E-state index is 14.0. The van der Waals surface area contributed by atoms with Gasteiger partial charge in [-0.3, -0.25) is 4.98 Å². The monoisotopic (exact) mass is 231 g/mol. The van der Waals surface area contributed by atoms with Crippen molar-refractivity contribution in [2.45, 2.75) is 19.8 Å². The lowest BCUT2D eigenvalue weighted by Crippen LogP contribution is -2.19. The van der Waals surface area contributed by atoms with Gasteiger partial charge in [0.15, 0.2) is 0 Å². The van der Waals surface area contributed by atoms with E-state index in [1.807, 2.05) is 13.0 Å². The van der Waals surface area contributed by atoms with E-state index in [9.17, 15) is 4.39 Å². The molecule has 2 aromatic rings. The highest BCUT2D eigenvalue weighted by Gasteiger charge is 2.17. The van der Waals surface area contributed by atoms with Crippen LogP contribution in [0, 0.1) is 12.7 Å². The number of hydrogen-bond acceptors (Lipinski definition) is 3. The molecule has 1 aromatic heterocycles. The number of benzene rings is 1. The molecule has 1 aliphatic rings. The molecule has 0 bridgehead atoms. The molecule has 3 rings (SSSR count). The first-order chi connectivity index (χ1) is 8.24. The molecule has 0 radical (unpaired) electrons. The lowest BCUT2D eigenvalue weighted by Gasteiger charge is -2.18. The van der Waals surface area contributed by atoms with Crippen molar-refractivity contribution in [3.63, 3.8) is 0 Å². The Bertz CT molecular complexity index is 562. The van der Waals surface area contributed by atoms with Gasteiger partial charge in [0.2, 0.25) is 0 Å². The van der Waals surface area contributed by atoms with E-state index in [2.05, 4.69) is 14.9 Å². The molecule has 0 atom stereocenters. The van der Waals surface area contributed by atoms with Crippen molar-refractivity contribution in [3.05, 3.63) is 29.8 Å². The number of aryl methyl sites for hydroxylation is 1. The Kier molecular flexibility index (Phi) is 2.42. The van der Waals surface area contributed by atoms with Crippen LogP contribution in [0.15, 0.2) is 18.3 Å². The summed E-state index contributed by atoms with van der Waals surface area (Å²) < 4.78 is 14.0. The van der Waals surface area contributed by atoms with Crippen LogP contribution in [-0.2, 0) is 0 Å². The number of aromatic nitrogens is 2. The normalized spacial score (nSPS) is 15.8. The minimum atomic E-state index is -0.197. The van der Waals surface area contributed by atoms with Gasteiger partial charge in [0.25, 0.3) is 0 Å². The number of hydrogen-bond donors (Lipinski definition) is 0. The predicted molar refractivity (Wildman–Crippen MR) is 65.7 cm³/mol. The molecule has 1 aliphatic heterocycles. The fraction of sp³-hybridized carbons (Fsp3) is 0.385. The first kappa shape index (κ1) is 10.4. The minimum Gasteiger partial charge on any atom is -0.369 e. The van der Waals surface area contributed by atoms with Gasteiger partial charge in [0, 0.05) is 25.4 Å². The number of rotatable bonds is 1. The van der Waals surface area contributed by atoms with Gasteiger partial charge in [-0.2, -0.15) is 0 Å². The molecule has 0 spiro atoms. The second-order valence-electron chi connectivity index (χ2n) is 4.50. The highest BCUT2D eigenvalue weighted by Crippen LogP contribution is 2.26. The van der Waals surface area contributed by atoms with Crippen LogP contribution in [0.25, 0.3) is 11.0 Å². The van der Waals surface area contributed by atoms with Crippen molar-refractivity contribution in [3.8, 4) is 0 Å². The Morgan fingerprint density at radius 3 is 2.71 bits per heavy atom. The first-order valence-electron chi connectivity index (χ1n) is 5.92. The third-order valence-electron chi connectivity index (χ3n) is 3.18. The van der Waals surface area contributed by atoms with Crippen molar-refractivity contribution in [2.24, 2.45) is 0 Å².